The molecule has 4 aromatic rings. The van der Waals surface area contributed by atoms with Crippen molar-refractivity contribution in [2.45, 2.75) is 32.2 Å². The summed E-state index contributed by atoms with van der Waals surface area (Å²) < 4.78 is 16.1. The first-order valence-electron chi connectivity index (χ1n) is 16.7. The molecule has 0 bridgehead atoms. The molecule has 3 aromatic carbocycles. The molecule has 1 aliphatic carbocycles. The summed E-state index contributed by atoms with van der Waals surface area (Å²) in [6.07, 6.45) is 0.667. The van der Waals surface area contributed by atoms with Gasteiger partial charge in [-0.15, -0.1) is 0 Å². The minimum atomic E-state index is -1.19. The molecule has 0 atom stereocenters. The largest absolute Gasteiger partial charge is 0.490 e. The number of aryl methyl sites for hydroxylation is 1. The van der Waals surface area contributed by atoms with Crippen molar-refractivity contribution in [2.75, 3.05) is 32.8 Å². The Labute approximate surface area is 300 Å². The smallest absolute Gasteiger partial charge is 0.407 e. The number of hydrogen-bond acceptors (Lipinski definition) is 8. The topological polar surface area (TPSA) is 185 Å². The predicted molar refractivity (Wildman–Crippen MR) is 190 cm³/mol. The van der Waals surface area contributed by atoms with Crippen LogP contribution in [-0.4, -0.2) is 73.8 Å². The molecule has 1 aromatic heterocycles. The molecule has 1 aliphatic rings. The van der Waals surface area contributed by atoms with Gasteiger partial charge < -0.3 is 40.3 Å². The first-order chi connectivity index (χ1) is 25.2. The molecule has 5 rings (SSSR count). The highest BCUT2D eigenvalue weighted by Gasteiger charge is 2.24. The van der Waals surface area contributed by atoms with Crippen LogP contribution in [0.1, 0.15) is 67.4 Å². The quantitative estimate of drug-likeness (QED) is 0.0650. The Bertz CT molecular complexity index is 1970. The Morgan fingerprint density at radius 3 is 2.21 bits per heavy atom. The molecule has 52 heavy (non-hydrogen) atoms. The summed E-state index contributed by atoms with van der Waals surface area (Å²) in [6, 6.07) is 22.9. The van der Waals surface area contributed by atoms with E-state index >= 15 is 0 Å². The van der Waals surface area contributed by atoms with Gasteiger partial charge in [-0.1, -0.05) is 36.3 Å². The third-order valence-corrected chi connectivity index (χ3v) is 7.85. The summed E-state index contributed by atoms with van der Waals surface area (Å²) in [5, 5.41) is 18.9. The molecule has 4 amide bonds. The van der Waals surface area contributed by atoms with Gasteiger partial charge in [0.1, 0.15) is 19.0 Å². The first-order valence-corrected chi connectivity index (χ1v) is 16.7. The normalized spacial score (nSPS) is 11.7. The Morgan fingerprint density at radius 2 is 1.50 bits per heavy atom. The van der Waals surface area contributed by atoms with E-state index in [0.717, 1.165) is 29.5 Å². The average molecular weight is 707 g/mol. The molecule has 0 unspecified atom stereocenters. The van der Waals surface area contributed by atoms with Crippen molar-refractivity contribution >= 4 is 29.8 Å². The van der Waals surface area contributed by atoms with Crippen LogP contribution in [0, 0.1) is 18.8 Å². The van der Waals surface area contributed by atoms with Gasteiger partial charge in [0.15, 0.2) is 17.3 Å². The van der Waals surface area contributed by atoms with Crippen LogP contribution in [0.5, 0.6) is 5.75 Å². The van der Waals surface area contributed by atoms with Crippen molar-refractivity contribution in [3.05, 3.63) is 113 Å². The molecule has 1 fully saturated rings. The lowest BCUT2D eigenvalue weighted by Gasteiger charge is -2.11. The number of rotatable bonds is 15. The number of alkyl carbamates (subject to hydrolysis) is 1. The van der Waals surface area contributed by atoms with E-state index in [1.165, 1.54) is 12.1 Å². The minimum absolute atomic E-state index is 0.000732. The van der Waals surface area contributed by atoms with Gasteiger partial charge in [-0.25, -0.2) is 9.59 Å². The number of carboxylic acid groups (broad SMARTS) is 1. The van der Waals surface area contributed by atoms with Crippen LogP contribution < -0.4 is 26.0 Å². The van der Waals surface area contributed by atoms with Crippen LogP contribution in [0.3, 0.4) is 0 Å². The van der Waals surface area contributed by atoms with Gasteiger partial charge in [0.2, 0.25) is 0 Å². The predicted octanol–water partition coefficient (Wildman–Crippen LogP) is 4.92. The minimum Gasteiger partial charge on any atom is -0.490 e. The van der Waals surface area contributed by atoms with Crippen LogP contribution in [0.25, 0.3) is 11.1 Å². The number of ether oxygens (including phenoxy) is 2. The molecular weight excluding hydrogens is 668 g/mol. The highest BCUT2D eigenvalue weighted by molar-refractivity contribution is 6.09. The van der Waals surface area contributed by atoms with E-state index < -0.39 is 18.1 Å². The van der Waals surface area contributed by atoms with E-state index in [2.05, 4.69) is 33.1 Å². The lowest BCUT2D eigenvalue weighted by atomic mass is 9.95. The van der Waals surface area contributed by atoms with E-state index in [-0.39, 0.29) is 62.1 Å². The average Bonchev–Trinajstić information content (AvgIpc) is 3.84. The molecular formula is C39H38N4O9. The van der Waals surface area contributed by atoms with Gasteiger partial charge in [-0.2, -0.15) is 0 Å². The number of nitrogens with one attached hydrogen (secondary N) is 4. The maximum Gasteiger partial charge on any atom is 0.407 e. The van der Waals surface area contributed by atoms with Gasteiger partial charge >= 0.3 is 12.2 Å². The Morgan fingerprint density at radius 1 is 0.808 bits per heavy atom. The summed E-state index contributed by atoms with van der Waals surface area (Å²) in [7, 11) is 0. The summed E-state index contributed by atoms with van der Waals surface area (Å²) >= 11 is 0. The Balaban J connectivity index is 0.970. The number of amides is 4. The lowest BCUT2D eigenvalue weighted by Crippen LogP contribution is -2.30. The third kappa shape index (κ3) is 11.0. The molecule has 0 radical (unpaired) electrons. The van der Waals surface area contributed by atoms with Crippen molar-refractivity contribution in [2.24, 2.45) is 0 Å². The van der Waals surface area contributed by atoms with Crippen LogP contribution in [-0.2, 0) is 4.74 Å². The zero-order valence-corrected chi connectivity index (χ0v) is 28.5. The van der Waals surface area contributed by atoms with Gasteiger partial charge in [0.25, 0.3) is 11.8 Å². The van der Waals surface area contributed by atoms with Gasteiger partial charge in [-0.3, -0.25) is 14.4 Å². The highest BCUT2D eigenvalue weighted by Crippen LogP contribution is 2.27. The molecule has 0 aliphatic heterocycles. The summed E-state index contributed by atoms with van der Waals surface area (Å²) in [5.41, 5.74) is 4.52. The Kier molecular flexibility index (Phi) is 12.6. The number of furan rings is 1. The van der Waals surface area contributed by atoms with E-state index in [4.69, 9.17) is 19.0 Å². The van der Waals surface area contributed by atoms with E-state index in [1.807, 2.05) is 37.3 Å². The highest BCUT2D eigenvalue weighted by atomic mass is 16.6. The third-order valence-electron chi connectivity index (χ3n) is 7.85. The van der Waals surface area contributed by atoms with Crippen molar-refractivity contribution in [3.8, 4) is 28.7 Å². The van der Waals surface area contributed by atoms with Crippen molar-refractivity contribution in [1.29, 1.82) is 0 Å². The van der Waals surface area contributed by atoms with Crippen LogP contribution in [0.4, 0.5) is 9.59 Å². The zero-order chi connectivity index (χ0) is 36.9. The molecule has 268 valence electrons. The fourth-order valence-electron chi connectivity index (χ4n) is 4.93. The second-order valence-corrected chi connectivity index (χ2v) is 11.9. The summed E-state index contributed by atoms with van der Waals surface area (Å²) in [6.45, 7) is 2.55. The molecule has 13 nitrogen and oxygen atoms in total. The van der Waals surface area contributed by atoms with E-state index in [1.54, 1.807) is 36.4 Å². The SMILES string of the molecule is Cc1ccc(C(=O)NC2CC2)cc1-c1ccc(C(=O)c2ccc(OCCOC(=O)NCCCNC(=O)c3ccc(C#CCNC(=O)O)o3)cc2)cc1. The second kappa shape index (κ2) is 17.9. The first kappa shape index (κ1) is 36.7. The number of carbonyl (C=O) groups excluding carboxylic acids is 4. The fraction of sp³-hybridized carbons (Fsp3) is 0.256. The molecule has 0 saturated heterocycles. The monoisotopic (exact) mass is 706 g/mol. The van der Waals surface area contributed by atoms with Crippen molar-refractivity contribution < 1.29 is 43.0 Å². The maximum absolute atomic E-state index is 13.1. The van der Waals surface area contributed by atoms with Crippen LogP contribution >= 0.6 is 0 Å². The molecule has 0 spiro atoms. The van der Waals surface area contributed by atoms with E-state index in [0.29, 0.717) is 28.9 Å². The number of benzene rings is 3. The summed E-state index contributed by atoms with van der Waals surface area (Å²) in [5.74, 6) is 5.29. The van der Waals surface area contributed by atoms with E-state index in [9.17, 15) is 24.0 Å². The zero-order valence-electron chi connectivity index (χ0n) is 28.5. The second-order valence-electron chi connectivity index (χ2n) is 11.9. The fourth-order valence-corrected chi connectivity index (χ4v) is 4.93. The molecule has 1 saturated carbocycles. The van der Waals surface area contributed by atoms with Gasteiger partial charge in [0, 0.05) is 35.8 Å². The molecule has 5 N–H and O–H groups in total. The van der Waals surface area contributed by atoms with Gasteiger partial charge in [0.05, 0.1) is 6.54 Å². The van der Waals surface area contributed by atoms with Gasteiger partial charge in [-0.05, 0) is 97.3 Å². The standard InChI is InChI=1S/C39H38N4O9/c1-25-5-6-29(36(45)43-30-13-14-30)24-33(25)26-7-9-27(10-8-26)35(44)28-11-15-31(16-12-28)50-22-23-51-39(49)42-21-3-20-40-37(46)34-18-17-32(52-34)4-2-19-41-38(47)48/h5-12,15-18,24,30,41H,3,13-14,19-23H2,1H3,(H,40,46)(H,42,49)(H,43,45)(H,47,48). The number of ketones is 1. The maximum atomic E-state index is 13.1. The number of hydrogen-bond donors (Lipinski definition) is 5. The lowest BCUT2D eigenvalue weighted by molar-refractivity contribution is 0.0922. The van der Waals surface area contributed by atoms with Crippen molar-refractivity contribution in [3.63, 3.8) is 0 Å². The molecule has 1 heterocycles. The van der Waals surface area contributed by atoms with Crippen LogP contribution in [0.2, 0.25) is 0 Å². The Hall–Kier alpha value is -6.55. The van der Waals surface area contributed by atoms with Crippen LogP contribution in [0.15, 0.2) is 83.3 Å². The number of carbonyl (C=O) groups is 5. The summed E-state index contributed by atoms with van der Waals surface area (Å²) in [4.78, 5) is 60.3. The van der Waals surface area contributed by atoms with Crippen molar-refractivity contribution in [1.82, 2.24) is 21.3 Å². The molecule has 13 heteroatoms.